The van der Waals surface area contributed by atoms with Crippen molar-refractivity contribution < 1.29 is 14.3 Å². The van der Waals surface area contributed by atoms with Crippen LogP contribution in [0.5, 0.6) is 11.5 Å². The van der Waals surface area contributed by atoms with E-state index in [1.807, 2.05) is 48.5 Å². The largest absolute Gasteiger partial charge is 0.497 e. The molecular formula is C18H21NO3S. The molecule has 0 saturated heterocycles. The van der Waals surface area contributed by atoms with Gasteiger partial charge in [0, 0.05) is 11.4 Å². The topological polar surface area (TPSA) is 47.6 Å². The predicted octanol–water partition coefficient (Wildman–Crippen LogP) is 3.15. The minimum absolute atomic E-state index is 0.0284. The highest BCUT2D eigenvalue weighted by atomic mass is 32.2. The number of benzene rings is 2. The molecule has 1 N–H and O–H groups in total. The van der Waals surface area contributed by atoms with Crippen molar-refractivity contribution in [2.24, 2.45) is 0 Å². The van der Waals surface area contributed by atoms with Crippen molar-refractivity contribution in [3.63, 3.8) is 0 Å². The Morgan fingerprint density at radius 3 is 2.48 bits per heavy atom. The Morgan fingerprint density at radius 1 is 1.04 bits per heavy atom. The first kappa shape index (κ1) is 17.2. The molecule has 0 radical (unpaired) electrons. The first-order chi connectivity index (χ1) is 11.2. The fourth-order valence-electron chi connectivity index (χ4n) is 2.12. The van der Waals surface area contributed by atoms with E-state index in [4.69, 9.17) is 9.47 Å². The Balaban J connectivity index is 1.72. The number of carbonyl (C=O) groups is 1. The van der Waals surface area contributed by atoms with Crippen LogP contribution < -0.4 is 14.8 Å². The molecule has 2 aromatic carbocycles. The molecule has 0 heterocycles. The minimum Gasteiger partial charge on any atom is -0.497 e. The molecule has 0 aliphatic carbocycles. The van der Waals surface area contributed by atoms with Gasteiger partial charge < -0.3 is 14.8 Å². The van der Waals surface area contributed by atoms with Crippen LogP contribution in [0.1, 0.15) is 5.56 Å². The van der Waals surface area contributed by atoms with Gasteiger partial charge in [0.25, 0.3) is 0 Å². The normalized spacial score (nSPS) is 10.2. The van der Waals surface area contributed by atoms with Gasteiger partial charge in [0.2, 0.25) is 5.91 Å². The Kier molecular flexibility index (Phi) is 6.81. The minimum atomic E-state index is 0.0284. The number of hydrogen-bond donors (Lipinski definition) is 1. The van der Waals surface area contributed by atoms with E-state index < -0.39 is 0 Å². The fourth-order valence-corrected chi connectivity index (χ4v) is 2.85. The Hall–Kier alpha value is -2.14. The van der Waals surface area contributed by atoms with Crippen molar-refractivity contribution >= 4 is 17.7 Å². The highest BCUT2D eigenvalue weighted by molar-refractivity contribution is 8.00. The first-order valence-corrected chi connectivity index (χ1v) is 8.37. The van der Waals surface area contributed by atoms with E-state index >= 15 is 0 Å². The van der Waals surface area contributed by atoms with Crippen molar-refractivity contribution in [3.8, 4) is 11.5 Å². The lowest BCUT2D eigenvalue weighted by atomic mass is 10.1. The van der Waals surface area contributed by atoms with E-state index in [9.17, 15) is 4.79 Å². The Morgan fingerprint density at radius 2 is 1.78 bits per heavy atom. The first-order valence-electron chi connectivity index (χ1n) is 7.38. The highest BCUT2D eigenvalue weighted by Crippen LogP contribution is 2.21. The van der Waals surface area contributed by atoms with Crippen molar-refractivity contribution in [2.45, 2.75) is 11.3 Å². The number of carbonyl (C=O) groups excluding carboxylic acids is 1. The van der Waals surface area contributed by atoms with Crippen molar-refractivity contribution in [1.29, 1.82) is 0 Å². The number of para-hydroxylation sites is 1. The van der Waals surface area contributed by atoms with Gasteiger partial charge in [-0.05, 0) is 42.3 Å². The van der Waals surface area contributed by atoms with Crippen LogP contribution in [0.2, 0.25) is 0 Å². The SMILES string of the molecule is COc1ccc(SCC(=O)NCCc2ccccc2OC)cc1. The van der Waals surface area contributed by atoms with Crippen LogP contribution in [0.15, 0.2) is 53.4 Å². The third-order valence-corrected chi connectivity index (χ3v) is 4.35. The molecule has 0 aliphatic rings. The zero-order valence-corrected chi connectivity index (χ0v) is 14.2. The summed E-state index contributed by atoms with van der Waals surface area (Å²) in [6.07, 6.45) is 0.753. The summed E-state index contributed by atoms with van der Waals surface area (Å²) in [4.78, 5) is 12.9. The molecule has 2 aromatic rings. The van der Waals surface area contributed by atoms with Crippen LogP contribution in [-0.2, 0) is 11.2 Å². The van der Waals surface area contributed by atoms with Gasteiger partial charge in [0.05, 0.1) is 20.0 Å². The maximum absolute atomic E-state index is 11.9. The molecule has 0 spiro atoms. The van der Waals surface area contributed by atoms with E-state index in [0.29, 0.717) is 12.3 Å². The van der Waals surface area contributed by atoms with Crippen molar-refractivity contribution in [1.82, 2.24) is 5.32 Å². The molecule has 0 aromatic heterocycles. The lowest BCUT2D eigenvalue weighted by molar-refractivity contribution is -0.118. The molecule has 23 heavy (non-hydrogen) atoms. The molecule has 0 saturated carbocycles. The van der Waals surface area contributed by atoms with Gasteiger partial charge in [-0.2, -0.15) is 0 Å². The number of amides is 1. The lowest BCUT2D eigenvalue weighted by Gasteiger charge is -2.09. The van der Waals surface area contributed by atoms with Gasteiger partial charge in [0.1, 0.15) is 11.5 Å². The maximum atomic E-state index is 11.9. The van der Waals surface area contributed by atoms with Crippen molar-refractivity contribution in [3.05, 3.63) is 54.1 Å². The summed E-state index contributed by atoms with van der Waals surface area (Å²) in [7, 11) is 3.29. The van der Waals surface area contributed by atoms with Crippen LogP contribution in [0, 0.1) is 0 Å². The molecular weight excluding hydrogens is 310 g/mol. The van der Waals surface area contributed by atoms with Gasteiger partial charge >= 0.3 is 0 Å². The average Bonchev–Trinajstić information content (AvgIpc) is 2.61. The smallest absolute Gasteiger partial charge is 0.230 e. The van der Waals surface area contributed by atoms with E-state index in [2.05, 4.69) is 5.32 Å². The number of thioether (sulfide) groups is 1. The zero-order chi connectivity index (χ0) is 16.5. The maximum Gasteiger partial charge on any atom is 0.230 e. The Bertz CT molecular complexity index is 628. The molecule has 5 heteroatoms. The third kappa shape index (κ3) is 5.53. The second-order valence-electron chi connectivity index (χ2n) is 4.88. The van der Waals surface area contributed by atoms with Gasteiger partial charge in [0.15, 0.2) is 0 Å². The molecule has 0 unspecified atom stereocenters. The molecule has 0 atom stereocenters. The second kappa shape index (κ2) is 9.10. The quantitative estimate of drug-likeness (QED) is 0.755. The summed E-state index contributed by atoms with van der Waals surface area (Å²) >= 11 is 1.51. The van der Waals surface area contributed by atoms with E-state index in [1.165, 1.54) is 11.8 Å². The van der Waals surface area contributed by atoms with E-state index in [0.717, 1.165) is 28.4 Å². The molecule has 0 aliphatic heterocycles. The number of nitrogens with one attached hydrogen (secondary N) is 1. The van der Waals surface area contributed by atoms with Crippen LogP contribution in [0.4, 0.5) is 0 Å². The number of hydrogen-bond acceptors (Lipinski definition) is 4. The van der Waals surface area contributed by atoms with E-state index in [-0.39, 0.29) is 5.91 Å². The highest BCUT2D eigenvalue weighted by Gasteiger charge is 2.05. The van der Waals surface area contributed by atoms with Crippen molar-refractivity contribution in [2.75, 3.05) is 26.5 Å². The third-order valence-electron chi connectivity index (χ3n) is 3.34. The predicted molar refractivity (Wildman–Crippen MR) is 93.4 cm³/mol. The molecule has 0 bridgehead atoms. The standard InChI is InChI=1S/C18H21NO3S/c1-21-15-7-9-16(10-8-15)23-13-18(20)19-12-11-14-5-3-4-6-17(14)22-2/h3-10H,11-13H2,1-2H3,(H,19,20). The van der Waals surface area contributed by atoms with Crippen LogP contribution in [0.3, 0.4) is 0 Å². The average molecular weight is 331 g/mol. The number of rotatable bonds is 8. The van der Waals surface area contributed by atoms with Crippen LogP contribution >= 0.6 is 11.8 Å². The molecule has 0 fully saturated rings. The summed E-state index contributed by atoms with van der Waals surface area (Å²) in [5.74, 6) is 2.10. The zero-order valence-electron chi connectivity index (χ0n) is 13.4. The molecule has 1 amide bonds. The number of methoxy groups -OCH3 is 2. The summed E-state index contributed by atoms with van der Waals surface area (Å²) in [5.41, 5.74) is 1.10. The van der Waals surface area contributed by atoms with Crippen LogP contribution in [0.25, 0.3) is 0 Å². The van der Waals surface area contributed by atoms with Crippen LogP contribution in [-0.4, -0.2) is 32.4 Å². The molecule has 4 nitrogen and oxygen atoms in total. The molecule has 122 valence electrons. The second-order valence-corrected chi connectivity index (χ2v) is 5.92. The van der Waals surface area contributed by atoms with Gasteiger partial charge in [-0.1, -0.05) is 18.2 Å². The Labute approximate surface area is 141 Å². The summed E-state index contributed by atoms with van der Waals surface area (Å²) in [5, 5.41) is 2.94. The number of ether oxygens (including phenoxy) is 2. The summed E-state index contributed by atoms with van der Waals surface area (Å²) in [6.45, 7) is 0.600. The van der Waals surface area contributed by atoms with Gasteiger partial charge in [-0.25, -0.2) is 0 Å². The fraction of sp³-hybridized carbons (Fsp3) is 0.278. The van der Waals surface area contributed by atoms with Gasteiger partial charge in [-0.15, -0.1) is 11.8 Å². The molecule has 2 rings (SSSR count). The van der Waals surface area contributed by atoms with E-state index in [1.54, 1.807) is 14.2 Å². The lowest BCUT2D eigenvalue weighted by Crippen LogP contribution is -2.27. The summed E-state index contributed by atoms with van der Waals surface area (Å²) < 4.78 is 10.4. The monoisotopic (exact) mass is 331 g/mol. The summed E-state index contributed by atoms with van der Waals surface area (Å²) in [6, 6.07) is 15.5. The van der Waals surface area contributed by atoms with Gasteiger partial charge in [-0.3, -0.25) is 4.79 Å².